The van der Waals surface area contributed by atoms with Crippen molar-refractivity contribution < 1.29 is 8.98 Å². The number of furan rings is 1. The molecule has 0 fully saturated rings. The number of fused-ring (bicyclic) bond motifs is 7. The molecule has 0 saturated carbocycles. The van der Waals surface area contributed by atoms with Crippen LogP contribution < -0.4 is 4.57 Å². The van der Waals surface area contributed by atoms with Gasteiger partial charge in [-0.3, -0.25) is 0 Å². The fourth-order valence-electron chi connectivity index (χ4n) is 6.37. The van der Waals surface area contributed by atoms with Crippen LogP contribution in [0.4, 0.5) is 0 Å². The Labute approximate surface area is 226 Å². The van der Waals surface area contributed by atoms with Crippen LogP contribution >= 0.6 is 0 Å². The minimum absolute atomic E-state index is 0.933. The van der Waals surface area contributed by atoms with Crippen molar-refractivity contribution in [3.8, 4) is 22.4 Å². The Bertz CT molecular complexity index is 2250. The third-order valence-corrected chi connectivity index (χ3v) is 8.22. The molecule has 8 rings (SSSR count). The first-order valence-corrected chi connectivity index (χ1v) is 13.4. The van der Waals surface area contributed by atoms with Gasteiger partial charge in [0.15, 0.2) is 6.20 Å². The molecule has 0 N–H and O–H groups in total. The SMILES string of the molecule is Cc1ccc2c(oc3c(-c4cc5ccccc5c5ccccc45)cccc32)c1-c1c2ccccc2cc[n+]1C. The van der Waals surface area contributed by atoms with Crippen LogP contribution in [0.3, 0.4) is 0 Å². The molecule has 0 radical (unpaired) electrons. The lowest BCUT2D eigenvalue weighted by atomic mass is 9.92. The molecular weight excluding hydrogens is 474 g/mol. The highest BCUT2D eigenvalue weighted by Gasteiger charge is 2.24. The zero-order valence-corrected chi connectivity index (χ0v) is 21.9. The molecular formula is C37H26NO+. The Morgan fingerprint density at radius 3 is 2.03 bits per heavy atom. The largest absolute Gasteiger partial charge is 0.454 e. The molecule has 39 heavy (non-hydrogen) atoms. The lowest BCUT2D eigenvalue weighted by Gasteiger charge is -2.11. The molecule has 6 aromatic carbocycles. The van der Waals surface area contributed by atoms with E-state index in [1.807, 2.05) is 0 Å². The maximum Gasteiger partial charge on any atom is 0.224 e. The number of hydrogen-bond donors (Lipinski definition) is 0. The summed E-state index contributed by atoms with van der Waals surface area (Å²) in [6.45, 7) is 2.18. The van der Waals surface area contributed by atoms with E-state index in [9.17, 15) is 0 Å². The van der Waals surface area contributed by atoms with E-state index in [-0.39, 0.29) is 0 Å². The molecule has 0 unspecified atom stereocenters. The van der Waals surface area contributed by atoms with Gasteiger partial charge in [0.25, 0.3) is 0 Å². The summed E-state index contributed by atoms with van der Waals surface area (Å²) in [5.74, 6) is 0. The highest BCUT2D eigenvalue weighted by molar-refractivity contribution is 6.19. The molecule has 0 spiro atoms. The standard InChI is InChI=1S/C37H26NO/c1-23-18-19-32-30-16-9-17-31(33-22-25-11-4-5-12-26(25)28-14-7-8-15-29(28)33)36(30)39-37(32)34(23)35-27-13-6-3-10-24(27)20-21-38(35)2/h3-22H,1-2H3/q+1. The second-order valence-electron chi connectivity index (χ2n) is 10.5. The molecule has 0 amide bonds. The third-order valence-electron chi connectivity index (χ3n) is 8.22. The molecule has 2 aromatic heterocycles. The van der Waals surface area contributed by atoms with Gasteiger partial charge in [-0.25, -0.2) is 4.57 Å². The topological polar surface area (TPSA) is 17.0 Å². The number of para-hydroxylation sites is 1. The summed E-state index contributed by atoms with van der Waals surface area (Å²) in [7, 11) is 2.12. The van der Waals surface area contributed by atoms with E-state index < -0.39 is 0 Å². The summed E-state index contributed by atoms with van der Waals surface area (Å²) < 4.78 is 9.17. The van der Waals surface area contributed by atoms with E-state index in [4.69, 9.17) is 4.42 Å². The van der Waals surface area contributed by atoms with Crippen molar-refractivity contribution in [2.45, 2.75) is 6.92 Å². The van der Waals surface area contributed by atoms with E-state index in [0.29, 0.717) is 0 Å². The first-order valence-electron chi connectivity index (χ1n) is 13.4. The maximum absolute atomic E-state index is 6.96. The highest BCUT2D eigenvalue weighted by atomic mass is 16.3. The summed E-state index contributed by atoms with van der Waals surface area (Å²) >= 11 is 0. The number of aryl methyl sites for hydroxylation is 2. The second kappa shape index (κ2) is 8.28. The van der Waals surface area contributed by atoms with Crippen molar-refractivity contribution in [3.63, 3.8) is 0 Å². The lowest BCUT2D eigenvalue weighted by Crippen LogP contribution is -2.30. The van der Waals surface area contributed by atoms with Crippen molar-refractivity contribution >= 4 is 54.3 Å². The fraction of sp³-hybridized carbons (Fsp3) is 0.0541. The van der Waals surface area contributed by atoms with Crippen molar-refractivity contribution in [1.29, 1.82) is 0 Å². The Balaban J connectivity index is 1.49. The first kappa shape index (κ1) is 22.1. The van der Waals surface area contributed by atoms with Crippen LogP contribution in [0.25, 0.3) is 76.6 Å². The minimum atomic E-state index is 0.933. The summed E-state index contributed by atoms with van der Waals surface area (Å²) in [6.07, 6.45) is 2.14. The van der Waals surface area contributed by atoms with Crippen molar-refractivity contribution in [1.82, 2.24) is 0 Å². The van der Waals surface area contributed by atoms with Crippen LogP contribution in [0.5, 0.6) is 0 Å². The average molecular weight is 501 g/mol. The van der Waals surface area contributed by atoms with E-state index in [0.717, 1.165) is 33.1 Å². The number of rotatable bonds is 2. The van der Waals surface area contributed by atoms with Crippen LogP contribution in [0.2, 0.25) is 0 Å². The highest BCUT2D eigenvalue weighted by Crippen LogP contribution is 2.44. The van der Waals surface area contributed by atoms with Gasteiger partial charge in [0, 0.05) is 22.4 Å². The fourth-order valence-corrected chi connectivity index (χ4v) is 6.37. The van der Waals surface area contributed by atoms with E-state index in [1.54, 1.807) is 0 Å². The predicted molar refractivity (Wildman–Crippen MR) is 163 cm³/mol. The lowest BCUT2D eigenvalue weighted by molar-refractivity contribution is -0.659. The van der Waals surface area contributed by atoms with Gasteiger partial charge in [-0.2, -0.15) is 0 Å². The summed E-state index contributed by atoms with van der Waals surface area (Å²) in [5, 5.41) is 9.74. The van der Waals surface area contributed by atoms with Crippen molar-refractivity contribution in [2.75, 3.05) is 0 Å². The van der Waals surface area contributed by atoms with Crippen LogP contribution in [0.1, 0.15) is 5.56 Å². The second-order valence-corrected chi connectivity index (χ2v) is 10.5. The predicted octanol–water partition coefficient (Wildman–Crippen LogP) is 9.51. The Kier molecular flexibility index (Phi) is 4.68. The minimum Gasteiger partial charge on any atom is -0.454 e. The molecule has 184 valence electrons. The van der Waals surface area contributed by atoms with E-state index >= 15 is 0 Å². The number of benzene rings is 6. The van der Waals surface area contributed by atoms with E-state index in [2.05, 4.69) is 140 Å². The van der Waals surface area contributed by atoms with Gasteiger partial charge in [0.2, 0.25) is 5.69 Å². The smallest absolute Gasteiger partial charge is 0.224 e. The molecule has 0 aliphatic heterocycles. The molecule has 2 nitrogen and oxygen atoms in total. The zero-order valence-electron chi connectivity index (χ0n) is 21.9. The normalized spacial score (nSPS) is 11.8. The van der Waals surface area contributed by atoms with Crippen molar-refractivity contribution in [2.24, 2.45) is 7.05 Å². The van der Waals surface area contributed by atoms with E-state index in [1.165, 1.54) is 49.1 Å². The van der Waals surface area contributed by atoms with Gasteiger partial charge < -0.3 is 4.42 Å². The molecule has 0 atom stereocenters. The van der Waals surface area contributed by atoms with Crippen LogP contribution in [-0.2, 0) is 7.05 Å². The maximum atomic E-state index is 6.96. The third kappa shape index (κ3) is 3.18. The van der Waals surface area contributed by atoms with Crippen LogP contribution in [0.15, 0.2) is 126 Å². The zero-order chi connectivity index (χ0) is 26.1. The van der Waals surface area contributed by atoms with Gasteiger partial charge in [0.05, 0.1) is 10.9 Å². The number of nitrogens with zero attached hydrogens (tertiary/aromatic N) is 1. The van der Waals surface area contributed by atoms with Gasteiger partial charge in [-0.1, -0.05) is 97.1 Å². The van der Waals surface area contributed by atoms with Gasteiger partial charge in [-0.05, 0) is 57.1 Å². The molecule has 8 aromatic rings. The molecule has 2 heterocycles. The van der Waals surface area contributed by atoms with Crippen molar-refractivity contribution in [3.05, 3.63) is 127 Å². The molecule has 0 saturated heterocycles. The summed E-state index contributed by atoms with van der Waals surface area (Å²) in [5.41, 5.74) is 7.72. The first-order chi connectivity index (χ1) is 19.2. The Hall–Kier alpha value is -4.95. The monoisotopic (exact) mass is 500 g/mol. The van der Waals surface area contributed by atoms with Crippen LogP contribution in [0, 0.1) is 6.92 Å². The average Bonchev–Trinajstić information content (AvgIpc) is 3.36. The summed E-state index contributed by atoms with van der Waals surface area (Å²) in [4.78, 5) is 0. The number of aromatic nitrogens is 1. The summed E-state index contributed by atoms with van der Waals surface area (Å²) in [6, 6.07) is 41.4. The van der Waals surface area contributed by atoms with Crippen LogP contribution in [-0.4, -0.2) is 0 Å². The van der Waals surface area contributed by atoms with Gasteiger partial charge in [0.1, 0.15) is 18.2 Å². The molecule has 2 heteroatoms. The number of pyridine rings is 1. The number of hydrogen-bond acceptors (Lipinski definition) is 1. The molecule has 0 aliphatic rings. The quantitative estimate of drug-likeness (QED) is 0.171. The molecule has 0 bridgehead atoms. The molecule has 0 aliphatic carbocycles. The Morgan fingerprint density at radius 2 is 1.18 bits per heavy atom. The van der Waals surface area contributed by atoms with Gasteiger partial charge in [-0.15, -0.1) is 0 Å². The van der Waals surface area contributed by atoms with Gasteiger partial charge >= 0.3 is 0 Å². The Morgan fingerprint density at radius 1 is 0.513 bits per heavy atom.